The van der Waals surface area contributed by atoms with E-state index in [1.165, 1.54) is 7.11 Å². The van der Waals surface area contributed by atoms with Crippen LogP contribution in [0.2, 0.25) is 0 Å². The number of carbonyl (C=O) groups excluding carboxylic acids is 3. The summed E-state index contributed by atoms with van der Waals surface area (Å²) in [6.45, 7) is 5.94. The van der Waals surface area contributed by atoms with Gasteiger partial charge in [0, 0.05) is 32.3 Å². The van der Waals surface area contributed by atoms with Gasteiger partial charge in [-0.25, -0.2) is 4.79 Å². The molecule has 1 aromatic rings. The molecule has 29 heavy (non-hydrogen) atoms. The maximum absolute atomic E-state index is 12.6. The van der Waals surface area contributed by atoms with E-state index < -0.39 is 12.1 Å². The number of nitrogens with zero attached hydrogens (tertiary/aromatic N) is 4. The molecule has 0 aliphatic carbocycles. The maximum atomic E-state index is 12.6. The molecule has 158 valence electrons. The summed E-state index contributed by atoms with van der Waals surface area (Å²) >= 11 is 0. The Kier molecular flexibility index (Phi) is 6.34. The first kappa shape index (κ1) is 21.0. The van der Waals surface area contributed by atoms with E-state index in [1.807, 2.05) is 11.8 Å². The van der Waals surface area contributed by atoms with E-state index in [0.29, 0.717) is 32.6 Å². The lowest BCUT2D eigenvalue weighted by Gasteiger charge is -2.47. The van der Waals surface area contributed by atoms with Crippen molar-refractivity contribution in [3.63, 3.8) is 0 Å². The fourth-order valence-corrected chi connectivity index (χ4v) is 4.12. The van der Waals surface area contributed by atoms with Gasteiger partial charge >= 0.3 is 6.09 Å². The van der Waals surface area contributed by atoms with Gasteiger partial charge in [0.1, 0.15) is 6.04 Å². The van der Waals surface area contributed by atoms with Crippen molar-refractivity contribution in [3.05, 3.63) is 23.8 Å². The first-order valence-corrected chi connectivity index (χ1v) is 10.0. The van der Waals surface area contributed by atoms with Crippen LogP contribution in [-0.4, -0.2) is 70.5 Å². The minimum absolute atomic E-state index is 0.0296. The van der Waals surface area contributed by atoms with Crippen LogP contribution in [0, 0.1) is 12.3 Å². The zero-order valence-electron chi connectivity index (χ0n) is 17.3. The zero-order chi connectivity index (χ0) is 21.0. The number of alkyl carbamates (subject to hydrolysis) is 1. The van der Waals surface area contributed by atoms with Crippen molar-refractivity contribution in [3.8, 4) is 0 Å². The lowest BCUT2D eigenvalue weighted by Crippen LogP contribution is -2.54. The molecule has 0 unspecified atom stereocenters. The molecule has 1 aromatic heterocycles. The van der Waals surface area contributed by atoms with Crippen LogP contribution >= 0.6 is 0 Å². The largest absolute Gasteiger partial charge is 0.453 e. The van der Waals surface area contributed by atoms with Crippen LogP contribution in [0.1, 0.15) is 44.0 Å². The molecule has 1 spiro atoms. The highest BCUT2D eigenvalue weighted by Gasteiger charge is 2.42. The van der Waals surface area contributed by atoms with Gasteiger partial charge in [0.25, 0.3) is 0 Å². The van der Waals surface area contributed by atoms with Crippen molar-refractivity contribution >= 4 is 17.9 Å². The summed E-state index contributed by atoms with van der Waals surface area (Å²) in [5.41, 5.74) is 1.67. The van der Waals surface area contributed by atoms with Crippen molar-refractivity contribution in [1.29, 1.82) is 0 Å². The van der Waals surface area contributed by atoms with Crippen LogP contribution < -0.4 is 5.32 Å². The fraction of sp³-hybridized carbons (Fsp3) is 0.650. The lowest BCUT2D eigenvalue weighted by atomic mass is 9.72. The number of hydrogen-bond donors (Lipinski definition) is 1. The molecule has 9 heteroatoms. The first-order chi connectivity index (χ1) is 13.8. The standard InChI is InChI=1S/C20H29N5O4/c1-14-10-22-16(11-21-14)12-25-13-20(5-4-17(25)26)6-8-24(9-7-20)18(27)15(2)23-19(28)29-3/h10-11,15H,4-9,12-13H2,1-3H3,(H,23,28)/t15-/m0/s1. The molecule has 1 atom stereocenters. The number of ether oxygens (including phenoxy) is 1. The molecule has 3 heterocycles. The van der Waals surface area contributed by atoms with Crippen LogP contribution in [0.25, 0.3) is 0 Å². The first-order valence-electron chi connectivity index (χ1n) is 10.0. The molecule has 0 aromatic carbocycles. The van der Waals surface area contributed by atoms with Crippen LogP contribution in [0.3, 0.4) is 0 Å². The van der Waals surface area contributed by atoms with Gasteiger partial charge in [0.2, 0.25) is 11.8 Å². The lowest BCUT2D eigenvalue weighted by molar-refractivity contribution is -0.143. The summed E-state index contributed by atoms with van der Waals surface area (Å²) in [5, 5.41) is 2.52. The number of nitrogens with one attached hydrogen (secondary N) is 1. The summed E-state index contributed by atoms with van der Waals surface area (Å²) < 4.78 is 4.56. The van der Waals surface area contributed by atoms with Crippen molar-refractivity contribution in [2.45, 2.75) is 52.1 Å². The van der Waals surface area contributed by atoms with Gasteiger partial charge in [-0.15, -0.1) is 0 Å². The number of piperidine rings is 2. The Balaban J connectivity index is 1.57. The second-order valence-electron chi connectivity index (χ2n) is 8.08. The number of likely N-dealkylation sites (tertiary alicyclic amines) is 2. The van der Waals surface area contributed by atoms with Crippen molar-refractivity contribution in [1.82, 2.24) is 25.1 Å². The van der Waals surface area contributed by atoms with Crippen LogP contribution in [0.15, 0.2) is 12.4 Å². The van der Waals surface area contributed by atoms with E-state index in [1.54, 1.807) is 24.2 Å². The van der Waals surface area contributed by atoms with Crippen LogP contribution in [0.5, 0.6) is 0 Å². The molecule has 0 radical (unpaired) electrons. The van der Waals surface area contributed by atoms with Crippen LogP contribution in [0.4, 0.5) is 4.79 Å². The number of rotatable bonds is 4. The van der Waals surface area contributed by atoms with E-state index in [-0.39, 0.29) is 17.2 Å². The Morgan fingerprint density at radius 3 is 2.59 bits per heavy atom. The Morgan fingerprint density at radius 1 is 1.24 bits per heavy atom. The second kappa shape index (κ2) is 8.75. The zero-order valence-corrected chi connectivity index (χ0v) is 17.3. The van der Waals surface area contributed by atoms with Gasteiger partial charge in [-0.2, -0.15) is 0 Å². The quantitative estimate of drug-likeness (QED) is 0.812. The molecule has 0 bridgehead atoms. The number of carbonyl (C=O) groups is 3. The van der Waals surface area contributed by atoms with Gasteiger partial charge in [-0.1, -0.05) is 0 Å². The number of aromatic nitrogens is 2. The Bertz CT molecular complexity index is 759. The smallest absolute Gasteiger partial charge is 0.407 e. The van der Waals surface area contributed by atoms with E-state index in [2.05, 4.69) is 20.0 Å². The Hall–Kier alpha value is -2.71. The third-order valence-corrected chi connectivity index (χ3v) is 5.96. The predicted molar refractivity (Wildman–Crippen MR) is 105 cm³/mol. The van der Waals surface area contributed by atoms with Gasteiger partial charge in [0.15, 0.2) is 0 Å². The topological polar surface area (TPSA) is 105 Å². The average molecular weight is 403 g/mol. The van der Waals surface area contributed by atoms with E-state index in [9.17, 15) is 14.4 Å². The molecule has 2 saturated heterocycles. The molecule has 9 nitrogen and oxygen atoms in total. The highest BCUT2D eigenvalue weighted by Crippen LogP contribution is 2.40. The van der Waals surface area contributed by atoms with E-state index in [0.717, 1.165) is 30.7 Å². The molecule has 3 rings (SSSR count). The number of hydrogen-bond acceptors (Lipinski definition) is 6. The van der Waals surface area contributed by atoms with E-state index in [4.69, 9.17) is 0 Å². The Morgan fingerprint density at radius 2 is 1.97 bits per heavy atom. The minimum Gasteiger partial charge on any atom is -0.453 e. The highest BCUT2D eigenvalue weighted by molar-refractivity contribution is 5.85. The molecule has 2 aliphatic heterocycles. The number of aryl methyl sites for hydroxylation is 1. The maximum Gasteiger partial charge on any atom is 0.407 e. The number of amides is 3. The summed E-state index contributed by atoms with van der Waals surface area (Å²) in [5.74, 6) is 0.0383. The molecule has 1 N–H and O–H groups in total. The summed E-state index contributed by atoms with van der Waals surface area (Å²) in [7, 11) is 1.27. The average Bonchev–Trinajstić information content (AvgIpc) is 2.72. The van der Waals surface area contributed by atoms with Crippen molar-refractivity contribution in [2.75, 3.05) is 26.7 Å². The molecule has 3 amide bonds. The normalized spacial score (nSPS) is 19.8. The van der Waals surface area contributed by atoms with Crippen LogP contribution in [-0.2, 0) is 20.9 Å². The monoisotopic (exact) mass is 403 g/mol. The second-order valence-corrected chi connectivity index (χ2v) is 8.08. The molecular weight excluding hydrogens is 374 g/mol. The fourth-order valence-electron chi connectivity index (χ4n) is 4.12. The van der Waals surface area contributed by atoms with Gasteiger partial charge < -0.3 is 19.9 Å². The van der Waals surface area contributed by atoms with Crippen molar-refractivity contribution < 1.29 is 19.1 Å². The van der Waals surface area contributed by atoms with Crippen molar-refractivity contribution in [2.24, 2.45) is 5.41 Å². The highest BCUT2D eigenvalue weighted by atomic mass is 16.5. The number of methoxy groups -OCH3 is 1. The third-order valence-electron chi connectivity index (χ3n) is 5.96. The molecule has 2 aliphatic rings. The minimum atomic E-state index is -0.624. The third kappa shape index (κ3) is 5.02. The van der Waals surface area contributed by atoms with Gasteiger partial charge in [-0.05, 0) is 38.5 Å². The van der Waals surface area contributed by atoms with Gasteiger partial charge in [-0.3, -0.25) is 19.6 Å². The summed E-state index contributed by atoms with van der Waals surface area (Å²) in [6, 6.07) is -0.624. The van der Waals surface area contributed by atoms with Gasteiger partial charge in [0.05, 0.1) is 31.2 Å². The SMILES string of the molecule is COC(=O)N[C@@H](C)C(=O)N1CCC2(CCC(=O)N(Cc3cnc(C)cn3)C2)CC1. The predicted octanol–water partition coefficient (Wildman–Crippen LogP) is 1.26. The Labute approximate surface area is 170 Å². The summed E-state index contributed by atoms with van der Waals surface area (Å²) in [6.07, 6.45) is 5.88. The molecular formula is C20H29N5O4. The summed E-state index contributed by atoms with van der Waals surface area (Å²) in [4.78, 5) is 48.7. The molecule has 2 fully saturated rings. The van der Waals surface area contributed by atoms with E-state index >= 15 is 0 Å². The molecule has 0 saturated carbocycles.